The van der Waals surface area contributed by atoms with Crippen LogP contribution in [0.5, 0.6) is 0 Å². The molecule has 0 aliphatic heterocycles. The number of alkyl halides is 1. The molecule has 1 heterocycles. The number of nitrogens with zero attached hydrogens (tertiary/aromatic N) is 1. The summed E-state index contributed by atoms with van der Waals surface area (Å²) in [4.78, 5) is 2.21. The van der Waals surface area contributed by atoms with Crippen molar-refractivity contribution in [1.82, 2.24) is 4.90 Å². The molecular formula is C10H13BrClNS. The molecule has 1 aromatic heterocycles. The van der Waals surface area contributed by atoms with Crippen LogP contribution in [0, 0.1) is 0 Å². The first-order valence-electron chi connectivity index (χ1n) is 4.26. The molecule has 1 nitrogen and oxygen atoms in total. The third-order valence-corrected chi connectivity index (χ3v) is 3.69. The Morgan fingerprint density at radius 3 is 2.93 bits per heavy atom. The van der Waals surface area contributed by atoms with Gasteiger partial charge < -0.3 is 0 Å². The second kappa shape index (κ2) is 5.91. The predicted octanol–water partition coefficient (Wildman–Crippen LogP) is 3.74. The minimum atomic E-state index is 0.539. The zero-order valence-corrected chi connectivity index (χ0v) is 11.3. The number of thiophene rings is 1. The van der Waals surface area contributed by atoms with Crippen molar-refractivity contribution in [2.75, 3.05) is 19.5 Å². The Morgan fingerprint density at radius 2 is 2.43 bits per heavy atom. The maximum absolute atomic E-state index is 5.67. The molecule has 0 saturated carbocycles. The summed E-state index contributed by atoms with van der Waals surface area (Å²) >= 11 is 10.8. The number of hydrogen-bond acceptors (Lipinski definition) is 2. The van der Waals surface area contributed by atoms with Gasteiger partial charge in [-0.3, -0.25) is 4.90 Å². The van der Waals surface area contributed by atoms with Crippen LogP contribution in [0.1, 0.15) is 5.56 Å². The van der Waals surface area contributed by atoms with E-state index in [9.17, 15) is 0 Å². The summed E-state index contributed by atoms with van der Waals surface area (Å²) < 4.78 is 1.18. The van der Waals surface area contributed by atoms with Crippen LogP contribution in [0.4, 0.5) is 0 Å². The highest BCUT2D eigenvalue weighted by Gasteiger charge is 2.03. The lowest BCUT2D eigenvalue weighted by Crippen LogP contribution is -2.20. The van der Waals surface area contributed by atoms with Crippen LogP contribution in [0.2, 0.25) is 0 Å². The highest BCUT2D eigenvalue weighted by Crippen LogP contribution is 2.21. The first-order chi connectivity index (χ1) is 6.61. The lowest BCUT2D eigenvalue weighted by molar-refractivity contribution is 0.356. The standard InChI is InChI=1S/C10H13BrClNS/c1-8(4-12)5-13(2)6-9-3-10(11)14-7-9/h3,7H,1,4-6H2,2H3. The minimum absolute atomic E-state index is 0.539. The smallest absolute Gasteiger partial charge is 0.0701 e. The van der Waals surface area contributed by atoms with Crippen molar-refractivity contribution in [1.29, 1.82) is 0 Å². The molecule has 0 radical (unpaired) electrons. The van der Waals surface area contributed by atoms with Gasteiger partial charge in [-0.1, -0.05) is 6.58 Å². The van der Waals surface area contributed by atoms with E-state index >= 15 is 0 Å². The molecule has 0 N–H and O–H groups in total. The highest BCUT2D eigenvalue weighted by atomic mass is 79.9. The van der Waals surface area contributed by atoms with E-state index in [1.807, 2.05) is 0 Å². The Hall–Kier alpha value is 0.170. The quantitative estimate of drug-likeness (QED) is 0.591. The lowest BCUT2D eigenvalue weighted by Gasteiger charge is -2.16. The Kier molecular flexibility index (Phi) is 5.17. The second-order valence-corrected chi connectivity index (χ2v) is 5.87. The topological polar surface area (TPSA) is 3.24 Å². The summed E-state index contributed by atoms with van der Waals surface area (Å²) in [6.45, 7) is 5.68. The molecule has 0 amide bonds. The maximum Gasteiger partial charge on any atom is 0.0701 e. The Bertz CT molecular complexity index is 311. The van der Waals surface area contributed by atoms with Gasteiger partial charge in [0.2, 0.25) is 0 Å². The van der Waals surface area contributed by atoms with Crippen LogP contribution >= 0.6 is 38.9 Å². The molecule has 0 spiro atoms. The van der Waals surface area contributed by atoms with E-state index in [-0.39, 0.29) is 0 Å². The van der Waals surface area contributed by atoms with E-state index in [4.69, 9.17) is 11.6 Å². The fourth-order valence-corrected chi connectivity index (χ4v) is 2.51. The summed E-state index contributed by atoms with van der Waals surface area (Å²) in [6.07, 6.45) is 0. The molecule has 0 fully saturated rings. The Morgan fingerprint density at radius 1 is 1.71 bits per heavy atom. The van der Waals surface area contributed by atoms with Crippen LogP contribution in [0.3, 0.4) is 0 Å². The SMILES string of the molecule is C=C(CCl)CN(C)Cc1csc(Br)c1. The van der Waals surface area contributed by atoms with Crippen molar-refractivity contribution in [2.24, 2.45) is 0 Å². The van der Waals surface area contributed by atoms with Crippen LogP contribution in [-0.2, 0) is 6.54 Å². The average molecular weight is 295 g/mol. The molecule has 0 aliphatic rings. The molecule has 0 unspecified atom stereocenters. The molecule has 0 bridgehead atoms. The van der Waals surface area contributed by atoms with Gasteiger partial charge >= 0.3 is 0 Å². The van der Waals surface area contributed by atoms with Gasteiger partial charge in [0.05, 0.1) is 3.79 Å². The van der Waals surface area contributed by atoms with E-state index in [1.54, 1.807) is 11.3 Å². The summed E-state index contributed by atoms with van der Waals surface area (Å²) in [5.74, 6) is 0.539. The first-order valence-corrected chi connectivity index (χ1v) is 6.46. The van der Waals surface area contributed by atoms with Gasteiger partial charge in [-0.2, -0.15) is 0 Å². The minimum Gasteiger partial charge on any atom is -0.298 e. The van der Waals surface area contributed by atoms with E-state index < -0.39 is 0 Å². The Balaban J connectivity index is 2.41. The first kappa shape index (κ1) is 12.2. The molecule has 78 valence electrons. The van der Waals surface area contributed by atoms with E-state index in [0.717, 1.165) is 18.7 Å². The Labute approximate surface area is 103 Å². The van der Waals surface area contributed by atoms with Crippen LogP contribution < -0.4 is 0 Å². The fourth-order valence-electron chi connectivity index (χ4n) is 1.22. The third kappa shape index (κ3) is 4.13. The fraction of sp³-hybridized carbons (Fsp3) is 0.400. The zero-order chi connectivity index (χ0) is 10.6. The normalized spacial score (nSPS) is 10.9. The lowest BCUT2D eigenvalue weighted by atomic mass is 10.3. The summed E-state index contributed by atoms with van der Waals surface area (Å²) in [7, 11) is 2.07. The second-order valence-electron chi connectivity index (χ2n) is 3.31. The average Bonchev–Trinajstić information content (AvgIpc) is 2.50. The molecular weight excluding hydrogens is 282 g/mol. The molecule has 14 heavy (non-hydrogen) atoms. The van der Waals surface area contributed by atoms with Crippen LogP contribution in [0.15, 0.2) is 27.4 Å². The van der Waals surface area contributed by atoms with E-state index in [0.29, 0.717) is 5.88 Å². The molecule has 1 rings (SSSR count). The van der Waals surface area contributed by atoms with Crippen molar-refractivity contribution >= 4 is 38.9 Å². The maximum atomic E-state index is 5.67. The molecule has 0 aromatic carbocycles. The number of likely N-dealkylation sites (N-methyl/N-ethyl adjacent to an activating group) is 1. The molecule has 0 atom stereocenters. The van der Waals surface area contributed by atoms with Crippen molar-refractivity contribution in [3.05, 3.63) is 32.9 Å². The van der Waals surface area contributed by atoms with E-state index in [1.165, 1.54) is 9.35 Å². The van der Waals surface area contributed by atoms with Crippen molar-refractivity contribution in [2.45, 2.75) is 6.54 Å². The van der Waals surface area contributed by atoms with Gasteiger partial charge in [0, 0.05) is 19.0 Å². The van der Waals surface area contributed by atoms with Crippen LogP contribution in [0.25, 0.3) is 0 Å². The predicted molar refractivity (Wildman–Crippen MR) is 68.2 cm³/mol. The van der Waals surface area contributed by atoms with Gasteiger partial charge in [-0.15, -0.1) is 22.9 Å². The van der Waals surface area contributed by atoms with Crippen molar-refractivity contribution < 1.29 is 0 Å². The van der Waals surface area contributed by atoms with Gasteiger partial charge in [0.15, 0.2) is 0 Å². The van der Waals surface area contributed by atoms with Crippen LogP contribution in [-0.4, -0.2) is 24.4 Å². The van der Waals surface area contributed by atoms with E-state index in [2.05, 4.69) is 45.9 Å². The monoisotopic (exact) mass is 293 g/mol. The molecule has 0 saturated heterocycles. The molecule has 0 aliphatic carbocycles. The summed E-state index contributed by atoms with van der Waals surface area (Å²) in [5.41, 5.74) is 2.38. The van der Waals surface area contributed by atoms with Gasteiger partial charge in [-0.05, 0) is 45.6 Å². The largest absolute Gasteiger partial charge is 0.298 e. The summed E-state index contributed by atoms with van der Waals surface area (Å²) in [6, 6.07) is 2.14. The molecule has 4 heteroatoms. The third-order valence-electron chi connectivity index (χ3n) is 1.76. The van der Waals surface area contributed by atoms with Gasteiger partial charge in [0.1, 0.15) is 0 Å². The summed E-state index contributed by atoms with van der Waals surface area (Å²) in [5, 5.41) is 2.16. The van der Waals surface area contributed by atoms with Gasteiger partial charge in [-0.25, -0.2) is 0 Å². The molecule has 1 aromatic rings. The van der Waals surface area contributed by atoms with Crippen molar-refractivity contribution in [3.63, 3.8) is 0 Å². The number of rotatable bonds is 5. The zero-order valence-electron chi connectivity index (χ0n) is 8.09. The highest BCUT2D eigenvalue weighted by molar-refractivity contribution is 9.11. The number of halogens is 2. The van der Waals surface area contributed by atoms with Crippen molar-refractivity contribution in [3.8, 4) is 0 Å². The van der Waals surface area contributed by atoms with Gasteiger partial charge in [0.25, 0.3) is 0 Å². The number of hydrogen-bond donors (Lipinski definition) is 0.